The van der Waals surface area contributed by atoms with Crippen molar-refractivity contribution in [2.75, 3.05) is 5.32 Å². The summed E-state index contributed by atoms with van der Waals surface area (Å²) in [5.74, 6) is -0.315. The predicted molar refractivity (Wildman–Crippen MR) is 120 cm³/mol. The molecule has 0 aromatic heterocycles. The summed E-state index contributed by atoms with van der Waals surface area (Å²) in [4.78, 5) is 14.7. The molecule has 0 aliphatic carbocycles. The quantitative estimate of drug-likeness (QED) is 0.432. The van der Waals surface area contributed by atoms with E-state index < -0.39 is 10.0 Å². The third-order valence-corrected chi connectivity index (χ3v) is 5.90. The predicted octanol–water partition coefficient (Wildman–Crippen LogP) is 4.60. The standard InChI is InChI=1S/C22H20ClN3O3S/c1-15-7-13-19(14-8-15)30(28,29)26-25-16(2)17-9-11-18(12-10-17)24-22(27)20-5-3-4-6-21(20)23/h3-14,26H,1-2H3,(H,24,27)/b25-16+. The number of hydrogen-bond acceptors (Lipinski definition) is 4. The Morgan fingerprint density at radius 3 is 2.20 bits per heavy atom. The van der Waals surface area contributed by atoms with Crippen molar-refractivity contribution in [3.8, 4) is 0 Å². The molecule has 6 nitrogen and oxygen atoms in total. The highest BCUT2D eigenvalue weighted by molar-refractivity contribution is 7.89. The van der Waals surface area contributed by atoms with Crippen molar-refractivity contribution < 1.29 is 13.2 Å². The molecular weight excluding hydrogens is 422 g/mol. The zero-order valence-electron chi connectivity index (χ0n) is 16.4. The smallest absolute Gasteiger partial charge is 0.276 e. The molecule has 8 heteroatoms. The lowest BCUT2D eigenvalue weighted by molar-refractivity contribution is 0.102. The summed E-state index contributed by atoms with van der Waals surface area (Å²) in [6.07, 6.45) is 0. The molecule has 0 heterocycles. The van der Waals surface area contributed by atoms with Crippen LogP contribution < -0.4 is 10.1 Å². The summed E-state index contributed by atoms with van der Waals surface area (Å²) >= 11 is 6.04. The van der Waals surface area contributed by atoms with Crippen molar-refractivity contribution in [2.24, 2.45) is 5.10 Å². The van der Waals surface area contributed by atoms with Gasteiger partial charge in [-0.2, -0.15) is 18.4 Å². The number of carbonyl (C=O) groups excluding carboxylic acids is 1. The molecule has 0 aliphatic rings. The van der Waals surface area contributed by atoms with E-state index in [2.05, 4.69) is 15.2 Å². The van der Waals surface area contributed by atoms with Gasteiger partial charge in [-0.15, -0.1) is 0 Å². The van der Waals surface area contributed by atoms with E-state index in [1.807, 2.05) is 6.92 Å². The zero-order valence-corrected chi connectivity index (χ0v) is 18.0. The van der Waals surface area contributed by atoms with E-state index in [-0.39, 0.29) is 10.8 Å². The largest absolute Gasteiger partial charge is 0.322 e. The summed E-state index contributed by atoms with van der Waals surface area (Å²) in [5.41, 5.74) is 3.12. The number of benzene rings is 3. The first kappa shape index (κ1) is 21.5. The summed E-state index contributed by atoms with van der Waals surface area (Å²) in [6.45, 7) is 3.57. The first-order valence-electron chi connectivity index (χ1n) is 9.05. The van der Waals surface area contributed by atoms with Gasteiger partial charge in [-0.3, -0.25) is 4.79 Å². The van der Waals surface area contributed by atoms with Crippen molar-refractivity contribution in [3.05, 3.63) is 94.5 Å². The third kappa shape index (κ3) is 5.25. The highest BCUT2D eigenvalue weighted by atomic mass is 35.5. The van der Waals surface area contributed by atoms with Crippen LogP contribution in [0.2, 0.25) is 5.02 Å². The average molecular weight is 442 g/mol. The number of halogens is 1. The summed E-state index contributed by atoms with van der Waals surface area (Å²) in [6, 6.07) is 20.2. The van der Waals surface area contributed by atoms with Crippen LogP contribution in [-0.4, -0.2) is 20.0 Å². The monoisotopic (exact) mass is 441 g/mol. The molecule has 0 bridgehead atoms. The van der Waals surface area contributed by atoms with Crippen molar-refractivity contribution >= 4 is 38.9 Å². The van der Waals surface area contributed by atoms with E-state index in [9.17, 15) is 13.2 Å². The molecule has 154 valence electrons. The van der Waals surface area contributed by atoms with Crippen LogP contribution in [0.3, 0.4) is 0 Å². The lowest BCUT2D eigenvalue weighted by atomic mass is 10.1. The topological polar surface area (TPSA) is 87.6 Å². The van der Waals surface area contributed by atoms with Crippen molar-refractivity contribution in [3.63, 3.8) is 0 Å². The molecule has 0 spiro atoms. The van der Waals surface area contributed by atoms with E-state index in [1.54, 1.807) is 67.6 Å². The maximum Gasteiger partial charge on any atom is 0.276 e. The average Bonchev–Trinajstić information content (AvgIpc) is 2.73. The van der Waals surface area contributed by atoms with Gasteiger partial charge in [0.1, 0.15) is 0 Å². The Morgan fingerprint density at radius 1 is 0.933 bits per heavy atom. The number of nitrogens with one attached hydrogen (secondary N) is 2. The molecule has 0 fully saturated rings. The number of aryl methyl sites for hydroxylation is 1. The Labute approximate surface area is 180 Å². The molecular formula is C22H20ClN3O3S. The van der Waals surface area contributed by atoms with Crippen LogP contribution >= 0.6 is 11.6 Å². The van der Waals surface area contributed by atoms with Crippen molar-refractivity contribution in [1.29, 1.82) is 0 Å². The van der Waals surface area contributed by atoms with Gasteiger partial charge in [0.2, 0.25) is 0 Å². The normalized spacial score (nSPS) is 11.8. The van der Waals surface area contributed by atoms with Crippen LogP contribution in [0, 0.1) is 6.92 Å². The van der Waals surface area contributed by atoms with Crippen LogP contribution in [0.1, 0.15) is 28.4 Å². The van der Waals surface area contributed by atoms with E-state index >= 15 is 0 Å². The molecule has 0 aliphatic heterocycles. The van der Waals surface area contributed by atoms with Crippen molar-refractivity contribution in [2.45, 2.75) is 18.7 Å². The van der Waals surface area contributed by atoms with E-state index in [1.165, 1.54) is 12.1 Å². The second-order valence-corrected chi connectivity index (χ2v) is 8.68. The van der Waals surface area contributed by atoms with Gasteiger partial charge in [0.15, 0.2) is 0 Å². The lowest BCUT2D eigenvalue weighted by Crippen LogP contribution is -2.20. The number of amides is 1. The Kier molecular flexibility index (Phi) is 6.54. The van der Waals surface area contributed by atoms with Gasteiger partial charge in [0, 0.05) is 5.69 Å². The summed E-state index contributed by atoms with van der Waals surface area (Å²) in [5, 5.41) is 7.13. The minimum atomic E-state index is -3.75. The first-order valence-corrected chi connectivity index (χ1v) is 10.9. The van der Waals surface area contributed by atoms with Gasteiger partial charge in [-0.25, -0.2) is 0 Å². The van der Waals surface area contributed by atoms with Crippen molar-refractivity contribution in [1.82, 2.24) is 4.83 Å². The highest BCUT2D eigenvalue weighted by Gasteiger charge is 2.13. The fourth-order valence-electron chi connectivity index (χ4n) is 2.60. The van der Waals surface area contributed by atoms with Gasteiger partial charge < -0.3 is 5.32 Å². The highest BCUT2D eigenvalue weighted by Crippen LogP contribution is 2.18. The number of rotatable bonds is 6. The maximum atomic E-state index is 12.3. The molecule has 1 amide bonds. The number of sulfonamides is 1. The van der Waals surface area contributed by atoms with E-state index in [0.29, 0.717) is 27.5 Å². The molecule has 3 aromatic carbocycles. The molecule has 0 saturated carbocycles. The molecule has 3 rings (SSSR count). The number of carbonyl (C=O) groups is 1. The molecule has 2 N–H and O–H groups in total. The number of hydrogen-bond donors (Lipinski definition) is 2. The van der Waals surface area contributed by atoms with Gasteiger partial charge in [-0.05, 0) is 55.8 Å². The number of anilines is 1. The first-order chi connectivity index (χ1) is 14.3. The Balaban J connectivity index is 1.68. The maximum absolute atomic E-state index is 12.3. The Bertz CT molecular complexity index is 1190. The lowest BCUT2D eigenvalue weighted by Gasteiger charge is -2.08. The van der Waals surface area contributed by atoms with Crippen LogP contribution in [0.25, 0.3) is 0 Å². The molecule has 0 unspecified atom stereocenters. The van der Waals surface area contributed by atoms with E-state index in [0.717, 1.165) is 5.56 Å². The van der Waals surface area contributed by atoms with Crippen LogP contribution in [0.5, 0.6) is 0 Å². The van der Waals surface area contributed by atoms with Crippen LogP contribution in [0.15, 0.2) is 82.8 Å². The third-order valence-electron chi connectivity index (χ3n) is 4.34. The van der Waals surface area contributed by atoms with Crippen LogP contribution in [0.4, 0.5) is 5.69 Å². The van der Waals surface area contributed by atoms with E-state index in [4.69, 9.17) is 11.6 Å². The van der Waals surface area contributed by atoms with Gasteiger partial charge in [0.25, 0.3) is 15.9 Å². The summed E-state index contributed by atoms with van der Waals surface area (Å²) in [7, 11) is -3.75. The molecule has 0 radical (unpaired) electrons. The van der Waals surface area contributed by atoms with Crippen LogP contribution in [-0.2, 0) is 10.0 Å². The second-order valence-electron chi connectivity index (χ2n) is 6.62. The molecule has 0 saturated heterocycles. The fourth-order valence-corrected chi connectivity index (χ4v) is 3.68. The minimum absolute atomic E-state index is 0.141. The number of hydrazone groups is 1. The fraction of sp³-hybridized carbons (Fsp3) is 0.0909. The molecule has 3 aromatic rings. The Hall–Kier alpha value is -3.16. The zero-order chi connectivity index (χ0) is 21.7. The molecule has 0 atom stereocenters. The van der Waals surface area contributed by atoms with Gasteiger partial charge in [0.05, 0.1) is 21.2 Å². The summed E-state index contributed by atoms with van der Waals surface area (Å²) < 4.78 is 24.7. The molecule has 30 heavy (non-hydrogen) atoms. The SMILES string of the molecule is C/C(=N\NS(=O)(=O)c1ccc(C)cc1)c1ccc(NC(=O)c2ccccc2Cl)cc1. The number of nitrogens with zero attached hydrogens (tertiary/aromatic N) is 1. The van der Waals surface area contributed by atoms with Gasteiger partial charge in [-0.1, -0.05) is 53.6 Å². The van der Waals surface area contributed by atoms with Gasteiger partial charge >= 0.3 is 0 Å². The Morgan fingerprint density at radius 2 is 1.57 bits per heavy atom. The second kappa shape index (κ2) is 9.11. The minimum Gasteiger partial charge on any atom is -0.322 e.